The number of aromatic amines is 2. The summed E-state index contributed by atoms with van der Waals surface area (Å²) in [5.41, 5.74) is 14.4. The van der Waals surface area contributed by atoms with E-state index in [0.29, 0.717) is 211 Å². The average Bonchev–Trinajstić information content (AvgIpc) is 1.60. The van der Waals surface area contributed by atoms with Crippen molar-refractivity contribution in [2.75, 3.05) is 240 Å². The molecule has 2 N–H and O–H groups in total. The third-order valence-electron chi connectivity index (χ3n) is 19.8. The molecular formula is C96H134N4O20. The average molecular weight is 1660 g/mol. The van der Waals surface area contributed by atoms with Crippen molar-refractivity contribution in [1.82, 2.24) is 19.9 Å². The Bertz CT molecular complexity index is 3550. The number of methoxy groups -OCH3 is 4. The maximum Gasteiger partial charge on any atom is 0.119 e. The molecule has 0 atom stereocenters. The molecule has 9 rings (SSSR count). The largest absolute Gasteiger partial charge is 0.494 e. The molecule has 0 saturated heterocycles. The molecule has 0 fully saturated rings. The minimum absolute atomic E-state index is 0.545. The van der Waals surface area contributed by atoms with Crippen LogP contribution in [0.5, 0.6) is 23.0 Å². The number of hydrogen-bond acceptors (Lipinski definition) is 22. The number of fused-ring (bicyclic) bond motifs is 8. The Labute approximate surface area is 711 Å². The molecular weight excluding hydrogens is 1530 g/mol. The molecule has 0 spiro atoms. The SMILES string of the molecule is COCCOCCOCCOCCCCCCOc1ccc(-c2c3nc(c(-c4ccc(OCCCCCCOCCOCCOCCOC)cc4)c4ccc([nH]4)c(-c4ccc(OCCCCCCOCCOCCOCCOC)cc4)c4nc(c(-c5ccc(OCCCCCCOCCOCCOCCOC)cc5)c5ccc2[nH]5)C=C4)C=C3)cc1. The summed E-state index contributed by atoms with van der Waals surface area (Å²) in [5, 5.41) is 0. The Morgan fingerprint density at radius 2 is 0.350 bits per heavy atom. The van der Waals surface area contributed by atoms with Gasteiger partial charge in [0, 0.05) is 99.2 Å². The summed E-state index contributed by atoms with van der Waals surface area (Å²) in [5.74, 6) is 3.21. The van der Waals surface area contributed by atoms with Crippen LogP contribution in [0.15, 0.2) is 121 Å². The third-order valence-corrected chi connectivity index (χ3v) is 19.8. The first kappa shape index (κ1) is 95.9. The van der Waals surface area contributed by atoms with Gasteiger partial charge in [-0.25, -0.2) is 9.97 Å². The molecule has 658 valence electrons. The van der Waals surface area contributed by atoms with Gasteiger partial charge in [-0.05, 0) is 196 Å². The van der Waals surface area contributed by atoms with Crippen LogP contribution in [0.25, 0.3) is 90.9 Å². The first-order chi connectivity index (χ1) is 59.5. The first-order valence-corrected chi connectivity index (χ1v) is 43.5. The summed E-state index contributed by atoms with van der Waals surface area (Å²) in [6, 6.07) is 42.3. The molecule has 7 aromatic rings. The number of hydrogen-bond donors (Lipinski definition) is 2. The van der Waals surface area contributed by atoms with Crippen molar-refractivity contribution in [2.45, 2.75) is 103 Å². The molecule has 5 heterocycles. The Morgan fingerprint density at radius 3 is 0.533 bits per heavy atom. The molecule has 120 heavy (non-hydrogen) atoms. The summed E-state index contributed by atoms with van der Waals surface area (Å²) in [6.07, 6.45) is 24.6. The highest BCUT2D eigenvalue weighted by Gasteiger charge is 2.21. The molecule has 4 aromatic carbocycles. The zero-order valence-corrected chi connectivity index (χ0v) is 71.9. The van der Waals surface area contributed by atoms with Crippen molar-refractivity contribution in [1.29, 1.82) is 0 Å². The molecule has 0 radical (unpaired) electrons. The molecule has 2 aliphatic rings. The number of rotatable bonds is 72. The van der Waals surface area contributed by atoms with Gasteiger partial charge in [0.25, 0.3) is 0 Å². The number of aromatic nitrogens is 4. The van der Waals surface area contributed by atoms with E-state index in [0.717, 1.165) is 215 Å². The molecule has 24 heteroatoms. The van der Waals surface area contributed by atoms with E-state index >= 15 is 0 Å². The lowest BCUT2D eigenvalue weighted by Crippen LogP contribution is -2.11. The molecule has 0 aliphatic carbocycles. The van der Waals surface area contributed by atoms with Crippen LogP contribution in [0.2, 0.25) is 0 Å². The Hall–Kier alpha value is -7.96. The van der Waals surface area contributed by atoms with E-state index in [2.05, 4.69) is 156 Å². The molecule has 3 aromatic heterocycles. The highest BCUT2D eigenvalue weighted by atomic mass is 16.6. The summed E-state index contributed by atoms with van der Waals surface area (Å²) >= 11 is 0. The van der Waals surface area contributed by atoms with E-state index in [-0.39, 0.29) is 0 Å². The van der Waals surface area contributed by atoms with Crippen molar-refractivity contribution in [3.63, 3.8) is 0 Å². The lowest BCUT2D eigenvalue weighted by Gasteiger charge is -2.10. The number of nitrogens with one attached hydrogen (secondary N) is 2. The minimum Gasteiger partial charge on any atom is -0.494 e. The smallest absolute Gasteiger partial charge is 0.119 e. The van der Waals surface area contributed by atoms with Crippen molar-refractivity contribution in [3.05, 3.63) is 144 Å². The highest BCUT2D eigenvalue weighted by molar-refractivity contribution is 6.00. The second-order valence-electron chi connectivity index (χ2n) is 29.0. The summed E-state index contributed by atoms with van der Waals surface area (Å²) in [4.78, 5) is 19.2. The second-order valence-corrected chi connectivity index (χ2v) is 29.0. The van der Waals surface area contributed by atoms with E-state index in [9.17, 15) is 0 Å². The normalized spacial score (nSPS) is 11.9. The van der Waals surface area contributed by atoms with Crippen LogP contribution < -0.4 is 18.9 Å². The van der Waals surface area contributed by atoms with Crippen LogP contribution in [-0.4, -0.2) is 260 Å². The van der Waals surface area contributed by atoms with Gasteiger partial charge in [0.05, 0.1) is 208 Å². The number of ether oxygens (including phenoxy) is 20. The quantitative estimate of drug-likeness (QED) is 0.0337. The van der Waals surface area contributed by atoms with Gasteiger partial charge in [-0.3, -0.25) is 0 Å². The van der Waals surface area contributed by atoms with Crippen molar-refractivity contribution in [2.24, 2.45) is 0 Å². The van der Waals surface area contributed by atoms with Crippen molar-refractivity contribution >= 4 is 46.4 Å². The predicted molar refractivity (Wildman–Crippen MR) is 474 cm³/mol. The number of H-pyrrole nitrogens is 2. The molecule has 0 amide bonds. The van der Waals surface area contributed by atoms with Gasteiger partial charge < -0.3 is 105 Å². The number of nitrogens with zero attached hydrogens (tertiary/aromatic N) is 2. The van der Waals surface area contributed by atoms with Crippen LogP contribution in [0.3, 0.4) is 0 Å². The first-order valence-electron chi connectivity index (χ1n) is 43.5. The second kappa shape index (κ2) is 61.4. The molecule has 0 saturated carbocycles. The monoisotopic (exact) mass is 1660 g/mol. The van der Waals surface area contributed by atoms with Gasteiger partial charge in [-0.15, -0.1) is 0 Å². The lowest BCUT2D eigenvalue weighted by atomic mass is 10.0. The summed E-state index contributed by atoms with van der Waals surface area (Å²) in [7, 11) is 6.66. The zero-order chi connectivity index (χ0) is 83.4. The van der Waals surface area contributed by atoms with Crippen LogP contribution in [0.1, 0.15) is 126 Å². The topological polar surface area (TPSA) is 242 Å². The van der Waals surface area contributed by atoms with Gasteiger partial charge in [-0.2, -0.15) is 0 Å². The van der Waals surface area contributed by atoms with E-state index in [1.165, 1.54) is 0 Å². The van der Waals surface area contributed by atoms with Gasteiger partial charge in [0.2, 0.25) is 0 Å². The van der Waals surface area contributed by atoms with E-state index in [1.807, 2.05) is 0 Å². The van der Waals surface area contributed by atoms with E-state index in [4.69, 9.17) is 105 Å². The van der Waals surface area contributed by atoms with Crippen LogP contribution in [0, 0.1) is 0 Å². The standard InChI is InChI=1S/C96H134N4O20/c1-101-53-57-109-69-73-113-65-61-105-45-13-5-9-17-49-117-81-29-21-77(22-30-81)93-85-37-39-87(97-85)94(78-23-31-82(32-24-78)118-50-18-10-6-14-46-106-62-66-114-74-70-110-58-54-102-2)89-41-43-91(99-89)96(80-27-35-84(36-28-80)120-52-20-12-8-16-48-108-64-68-116-76-72-112-60-56-104-4)92-44-42-90(100-92)95(88-40-38-86(93)98-88)79-25-33-83(34-26-79)119-51-19-11-7-15-47-107-63-67-115-75-71-111-59-55-103-3/h21-44,97,100H,5-20,45-76H2,1-4H3. The van der Waals surface area contributed by atoms with Gasteiger partial charge >= 0.3 is 0 Å². The summed E-state index contributed by atoms with van der Waals surface area (Å²) < 4.78 is 113. The molecule has 2 aliphatic heterocycles. The fourth-order valence-electron chi connectivity index (χ4n) is 13.4. The maximum absolute atomic E-state index is 6.40. The van der Waals surface area contributed by atoms with Gasteiger partial charge in [0.15, 0.2) is 0 Å². The highest BCUT2D eigenvalue weighted by Crippen LogP contribution is 2.40. The Kier molecular flexibility index (Phi) is 49.0. The van der Waals surface area contributed by atoms with Crippen LogP contribution >= 0.6 is 0 Å². The van der Waals surface area contributed by atoms with Gasteiger partial charge in [0.1, 0.15) is 23.0 Å². The number of unbranched alkanes of at least 4 members (excludes halogenated alkanes) is 12. The third kappa shape index (κ3) is 37.0. The van der Waals surface area contributed by atoms with Gasteiger partial charge in [-0.1, -0.05) is 74.2 Å². The Balaban J connectivity index is 0.946. The minimum atomic E-state index is 0.545. The van der Waals surface area contributed by atoms with Crippen LogP contribution in [-0.2, 0) is 75.8 Å². The molecule has 0 unspecified atom stereocenters. The van der Waals surface area contributed by atoms with Crippen molar-refractivity contribution in [3.8, 4) is 67.5 Å². The molecule has 8 bridgehead atoms. The fraction of sp³-hybridized carbons (Fsp3) is 0.542. The van der Waals surface area contributed by atoms with Crippen LogP contribution in [0.4, 0.5) is 0 Å². The molecule has 24 nitrogen and oxygen atoms in total. The number of benzene rings is 4. The zero-order valence-electron chi connectivity index (χ0n) is 71.9. The van der Waals surface area contributed by atoms with Crippen molar-refractivity contribution < 1.29 is 94.7 Å². The maximum atomic E-state index is 6.40. The van der Waals surface area contributed by atoms with E-state index in [1.54, 1.807) is 28.4 Å². The Morgan fingerprint density at radius 1 is 0.183 bits per heavy atom. The van der Waals surface area contributed by atoms with E-state index < -0.39 is 0 Å². The fourth-order valence-corrected chi connectivity index (χ4v) is 13.4. The summed E-state index contributed by atoms with van der Waals surface area (Å²) in [6.45, 7) is 18.7. The lowest BCUT2D eigenvalue weighted by molar-refractivity contribution is 0.00322. The predicted octanol–water partition coefficient (Wildman–Crippen LogP) is 17.9.